The zero-order valence-electron chi connectivity index (χ0n) is 28.7. The number of ether oxygens (including phenoxy) is 8. The Morgan fingerprint density at radius 3 is 0.660 bits per heavy atom. The Bertz CT molecular complexity index is 853. The van der Waals surface area contributed by atoms with Crippen molar-refractivity contribution in [2.45, 2.75) is 26.9 Å². The summed E-state index contributed by atoms with van der Waals surface area (Å²) in [6.45, 7) is 15.1. The standard InChI is InChI=1S/C16H32O8.C14H18N2.2BF4/c1-2-18-5-6-20-9-10-22-13-14-24-16-15-23-12-11-21-8-7-19-4-3-17-1;1-13-3-7-15(8-4-13)11-12-16-9-5-14(2)6-10-16;2*2-1(3,4)5/h1-16H2;3-10H,11-12H2,1-2H3;;/q;+2;2*-1. The molecule has 0 amide bonds. The van der Waals surface area contributed by atoms with Crippen molar-refractivity contribution in [2.24, 2.45) is 0 Å². The van der Waals surface area contributed by atoms with Crippen LogP contribution in [0.2, 0.25) is 0 Å². The number of rotatable bonds is 3. The lowest BCUT2D eigenvalue weighted by molar-refractivity contribution is -0.778. The first-order chi connectivity index (χ1) is 23.7. The third-order valence-corrected chi connectivity index (χ3v) is 5.71. The molecule has 3 rings (SSSR count). The van der Waals surface area contributed by atoms with Crippen molar-refractivity contribution in [3.05, 3.63) is 60.2 Å². The Morgan fingerprint density at radius 2 is 0.520 bits per heavy atom. The van der Waals surface area contributed by atoms with Crippen LogP contribution in [0.3, 0.4) is 0 Å². The molecule has 0 atom stereocenters. The minimum absolute atomic E-state index is 0.556. The lowest BCUT2D eigenvalue weighted by atomic mass is 10.3. The average molecular weight is 740 g/mol. The number of aromatic nitrogens is 2. The van der Waals surface area contributed by atoms with E-state index in [2.05, 4.69) is 72.0 Å². The van der Waals surface area contributed by atoms with Crippen LogP contribution in [0.1, 0.15) is 11.1 Å². The van der Waals surface area contributed by atoms with E-state index < -0.39 is 14.5 Å². The Hall–Kier alpha value is -2.45. The van der Waals surface area contributed by atoms with Crippen molar-refractivity contribution in [1.82, 2.24) is 0 Å². The van der Waals surface area contributed by atoms with Crippen molar-refractivity contribution >= 4 is 14.5 Å². The van der Waals surface area contributed by atoms with Crippen LogP contribution in [-0.2, 0) is 51.0 Å². The molecule has 0 spiro atoms. The Morgan fingerprint density at radius 1 is 0.380 bits per heavy atom. The maximum absolute atomic E-state index is 9.75. The van der Waals surface area contributed by atoms with Gasteiger partial charge < -0.3 is 72.4 Å². The topological polar surface area (TPSA) is 81.6 Å². The second-order valence-corrected chi connectivity index (χ2v) is 10.1. The van der Waals surface area contributed by atoms with Crippen molar-refractivity contribution in [3.8, 4) is 0 Å². The van der Waals surface area contributed by atoms with Gasteiger partial charge in [-0.1, -0.05) is 0 Å². The van der Waals surface area contributed by atoms with Crippen LogP contribution in [0, 0.1) is 13.8 Å². The van der Waals surface area contributed by atoms with E-state index in [1.807, 2.05) is 0 Å². The van der Waals surface area contributed by atoms with Crippen molar-refractivity contribution < 1.29 is 81.6 Å². The van der Waals surface area contributed by atoms with Gasteiger partial charge in [0.1, 0.15) is 0 Å². The fraction of sp³-hybridized carbons (Fsp3) is 0.667. The first-order valence-electron chi connectivity index (χ1n) is 16.0. The highest BCUT2D eigenvalue weighted by Gasteiger charge is 2.21. The molecule has 1 aliphatic heterocycles. The Balaban J connectivity index is 0.000000784. The van der Waals surface area contributed by atoms with Gasteiger partial charge in [-0.05, 0) is 25.0 Å². The summed E-state index contributed by atoms with van der Waals surface area (Å²) in [7, 11) is -12.0. The summed E-state index contributed by atoms with van der Waals surface area (Å²) in [6, 6.07) is 8.55. The molecule has 0 bridgehead atoms. The summed E-state index contributed by atoms with van der Waals surface area (Å²) >= 11 is 0. The van der Waals surface area contributed by atoms with Gasteiger partial charge in [0.2, 0.25) is 13.1 Å². The van der Waals surface area contributed by atoms with Crippen molar-refractivity contribution in [3.63, 3.8) is 0 Å². The Kier molecular flexibility index (Phi) is 29.8. The van der Waals surface area contributed by atoms with E-state index in [-0.39, 0.29) is 0 Å². The molecule has 1 saturated heterocycles. The van der Waals surface area contributed by atoms with Gasteiger partial charge >= 0.3 is 14.5 Å². The van der Waals surface area contributed by atoms with Gasteiger partial charge in [0, 0.05) is 24.3 Å². The zero-order chi connectivity index (χ0) is 37.4. The molecule has 3 heterocycles. The van der Waals surface area contributed by atoms with E-state index in [1.165, 1.54) is 11.1 Å². The minimum atomic E-state index is -6.00. The number of aryl methyl sites for hydroxylation is 4. The van der Waals surface area contributed by atoms with Crippen LogP contribution in [0.4, 0.5) is 34.5 Å². The lowest BCUT2D eigenvalue weighted by Gasteiger charge is -2.09. The number of pyridine rings is 2. The van der Waals surface area contributed by atoms with Crippen LogP contribution in [0.5, 0.6) is 0 Å². The van der Waals surface area contributed by atoms with Gasteiger partial charge in [-0.3, -0.25) is 0 Å². The van der Waals surface area contributed by atoms with Gasteiger partial charge in [-0.2, -0.15) is 9.13 Å². The van der Waals surface area contributed by atoms with E-state index in [0.29, 0.717) is 106 Å². The summed E-state index contributed by atoms with van der Waals surface area (Å²) in [6.07, 6.45) is 8.52. The molecule has 0 radical (unpaired) electrons. The van der Waals surface area contributed by atoms with Gasteiger partial charge in [-0.15, -0.1) is 0 Å². The van der Waals surface area contributed by atoms with E-state index in [4.69, 9.17) is 37.9 Å². The van der Waals surface area contributed by atoms with Crippen LogP contribution < -0.4 is 9.13 Å². The monoisotopic (exact) mass is 740 g/mol. The molecule has 20 heteroatoms. The number of hydrogen-bond donors (Lipinski definition) is 0. The summed E-state index contributed by atoms with van der Waals surface area (Å²) in [4.78, 5) is 0. The molecule has 0 saturated carbocycles. The molecule has 0 unspecified atom stereocenters. The van der Waals surface area contributed by atoms with Crippen LogP contribution in [-0.4, -0.2) is 120 Å². The third kappa shape index (κ3) is 41.7. The lowest BCUT2D eigenvalue weighted by Crippen LogP contribution is -2.43. The molecule has 2 aromatic heterocycles. The van der Waals surface area contributed by atoms with E-state index >= 15 is 0 Å². The highest BCUT2D eigenvalue weighted by atomic mass is 19.5. The third-order valence-electron chi connectivity index (χ3n) is 5.71. The van der Waals surface area contributed by atoms with Crippen LogP contribution in [0.25, 0.3) is 0 Å². The predicted molar refractivity (Wildman–Crippen MR) is 170 cm³/mol. The van der Waals surface area contributed by atoms with E-state index in [9.17, 15) is 34.5 Å². The summed E-state index contributed by atoms with van der Waals surface area (Å²) in [5.74, 6) is 0. The fourth-order valence-electron chi connectivity index (χ4n) is 3.35. The summed E-state index contributed by atoms with van der Waals surface area (Å²) in [5, 5.41) is 0. The first-order valence-corrected chi connectivity index (χ1v) is 16.0. The number of nitrogens with zero attached hydrogens (tertiary/aromatic N) is 2. The predicted octanol–water partition coefficient (Wildman–Crippen LogP) is 4.31. The molecule has 0 aromatic carbocycles. The van der Waals surface area contributed by atoms with Crippen LogP contribution >= 0.6 is 0 Å². The molecule has 1 aliphatic rings. The average Bonchev–Trinajstić information content (AvgIpc) is 3.03. The zero-order valence-corrected chi connectivity index (χ0v) is 28.7. The van der Waals surface area contributed by atoms with Gasteiger partial charge in [0.15, 0.2) is 24.8 Å². The minimum Gasteiger partial charge on any atom is -0.418 e. The smallest absolute Gasteiger partial charge is 0.418 e. The molecule has 2 aromatic rings. The van der Waals surface area contributed by atoms with E-state index in [0.717, 1.165) is 13.1 Å². The maximum atomic E-state index is 9.75. The molecule has 290 valence electrons. The van der Waals surface area contributed by atoms with Gasteiger partial charge in [-0.25, -0.2) is 0 Å². The summed E-state index contributed by atoms with van der Waals surface area (Å²) in [5.41, 5.74) is 2.61. The molecule has 50 heavy (non-hydrogen) atoms. The molecule has 0 aliphatic carbocycles. The quantitative estimate of drug-likeness (QED) is 0.262. The number of hydrogen-bond acceptors (Lipinski definition) is 8. The largest absolute Gasteiger partial charge is 0.673 e. The highest BCUT2D eigenvalue weighted by Crippen LogP contribution is 2.07. The second-order valence-electron chi connectivity index (χ2n) is 10.1. The SMILES string of the molecule is C1COCCOCCOCCOCCOCCOCCOCCO1.Cc1cc[n+](CC[n+]2ccc(C)cc2)cc1.F[B-](F)(F)F.F[B-](F)(F)F. The number of halogens is 8. The second kappa shape index (κ2) is 31.3. The molecular weight excluding hydrogens is 690 g/mol. The van der Waals surface area contributed by atoms with Crippen molar-refractivity contribution in [2.75, 3.05) is 106 Å². The maximum Gasteiger partial charge on any atom is 0.673 e. The van der Waals surface area contributed by atoms with E-state index in [1.54, 1.807) is 0 Å². The fourth-order valence-corrected chi connectivity index (χ4v) is 3.35. The molecule has 0 N–H and O–H groups in total. The van der Waals surface area contributed by atoms with Crippen molar-refractivity contribution in [1.29, 1.82) is 0 Å². The van der Waals surface area contributed by atoms with Crippen LogP contribution in [0.15, 0.2) is 49.1 Å². The normalized spacial score (nSPS) is 17.2. The summed E-state index contributed by atoms with van der Waals surface area (Å²) < 4.78 is 126. The highest BCUT2D eigenvalue weighted by molar-refractivity contribution is 6.50. The Labute approximate surface area is 289 Å². The van der Waals surface area contributed by atoms with Gasteiger partial charge in [0.05, 0.1) is 106 Å². The first kappa shape index (κ1) is 47.5. The molecule has 10 nitrogen and oxygen atoms in total. The molecule has 1 fully saturated rings. The molecular formula is C30H50B2F8N2O8. The van der Waals surface area contributed by atoms with Gasteiger partial charge in [0.25, 0.3) is 0 Å².